The summed E-state index contributed by atoms with van der Waals surface area (Å²) in [5.41, 5.74) is 4.60. The lowest BCUT2D eigenvalue weighted by Crippen LogP contribution is -2.27. The van der Waals surface area contributed by atoms with E-state index < -0.39 is 5.54 Å². The van der Waals surface area contributed by atoms with Gasteiger partial charge < -0.3 is 0 Å². The second kappa shape index (κ2) is 5.37. The predicted molar refractivity (Wildman–Crippen MR) is 87.1 cm³/mol. The molecule has 106 valence electrons. The van der Waals surface area contributed by atoms with E-state index in [1.54, 1.807) is 0 Å². The zero-order chi connectivity index (χ0) is 14.9. The third-order valence-electron chi connectivity index (χ3n) is 4.48. The molecule has 0 saturated carbocycles. The summed E-state index contributed by atoms with van der Waals surface area (Å²) in [5.74, 6) is 0.485. The summed E-state index contributed by atoms with van der Waals surface area (Å²) >= 11 is 0. The number of nitrogens with zero attached hydrogens (tertiary/aromatic N) is 1. The lowest BCUT2D eigenvalue weighted by molar-refractivity contribution is 0.461. The maximum Gasteiger partial charge on any atom is 0.283 e. The molecule has 21 heavy (non-hydrogen) atoms. The molecule has 2 aromatic carbocycles. The Morgan fingerprint density at radius 1 is 0.952 bits per heavy atom. The molecule has 1 nitrogen and oxygen atoms in total. The average molecular weight is 275 g/mol. The van der Waals surface area contributed by atoms with E-state index in [4.69, 9.17) is 6.57 Å². The summed E-state index contributed by atoms with van der Waals surface area (Å²) < 4.78 is 0. The van der Waals surface area contributed by atoms with Crippen molar-refractivity contribution >= 4 is 0 Å². The number of fused-ring (bicyclic) bond motifs is 2. The van der Waals surface area contributed by atoms with Crippen LogP contribution in [0.25, 0.3) is 4.85 Å². The predicted octanol–water partition coefficient (Wildman–Crippen LogP) is 4.99. The smallest absolute Gasteiger partial charge is 0.283 e. The van der Waals surface area contributed by atoms with Gasteiger partial charge in [0.05, 0.1) is 0 Å². The van der Waals surface area contributed by atoms with Gasteiger partial charge in [-0.15, -0.1) is 0 Å². The van der Waals surface area contributed by atoms with E-state index in [0.717, 1.165) is 19.3 Å². The van der Waals surface area contributed by atoms with Crippen LogP contribution in [-0.2, 0) is 18.4 Å². The minimum atomic E-state index is -0.516. The van der Waals surface area contributed by atoms with E-state index >= 15 is 0 Å². The largest absolute Gasteiger partial charge is 0.300 e. The van der Waals surface area contributed by atoms with Crippen LogP contribution >= 0.6 is 0 Å². The van der Waals surface area contributed by atoms with Crippen molar-refractivity contribution in [2.24, 2.45) is 5.92 Å². The molecular weight excluding hydrogens is 254 g/mol. The summed E-state index contributed by atoms with van der Waals surface area (Å²) in [7, 11) is 0. The summed E-state index contributed by atoms with van der Waals surface area (Å²) in [5, 5.41) is 0. The first kappa shape index (κ1) is 13.9. The van der Waals surface area contributed by atoms with Crippen molar-refractivity contribution in [1.29, 1.82) is 0 Å². The van der Waals surface area contributed by atoms with Gasteiger partial charge in [-0.2, -0.15) is 0 Å². The first-order valence-corrected chi connectivity index (χ1v) is 7.73. The highest BCUT2D eigenvalue weighted by Gasteiger charge is 2.45. The minimum Gasteiger partial charge on any atom is -0.300 e. The van der Waals surface area contributed by atoms with E-state index in [1.807, 2.05) is 0 Å². The number of hydrogen-bond donors (Lipinski definition) is 0. The van der Waals surface area contributed by atoms with Crippen LogP contribution in [-0.4, -0.2) is 0 Å². The van der Waals surface area contributed by atoms with Gasteiger partial charge in [-0.05, 0) is 29.9 Å². The number of aryl methyl sites for hydroxylation is 2. The van der Waals surface area contributed by atoms with Crippen LogP contribution in [0.2, 0.25) is 0 Å². The molecular formula is C20H21N. The SMILES string of the molecule is [C-]#[N+]C1(CC(C)C)c2ccccc2CCc2ccccc21. The van der Waals surface area contributed by atoms with E-state index in [0.29, 0.717) is 5.92 Å². The van der Waals surface area contributed by atoms with Gasteiger partial charge in [0.1, 0.15) is 0 Å². The third-order valence-corrected chi connectivity index (χ3v) is 4.48. The molecule has 3 rings (SSSR count). The second-order valence-corrected chi connectivity index (χ2v) is 6.38. The van der Waals surface area contributed by atoms with Gasteiger partial charge in [0, 0.05) is 17.5 Å². The number of hydrogen-bond acceptors (Lipinski definition) is 0. The van der Waals surface area contributed by atoms with Crippen molar-refractivity contribution in [3.63, 3.8) is 0 Å². The van der Waals surface area contributed by atoms with Gasteiger partial charge in [-0.25, -0.2) is 6.57 Å². The molecule has 0 spiro atoms. The van der Waals surface area contributed by atoms with Gasteiger partial charge in [-0.1, -0.05) is 62.4 Å². The fraction of sp³-hybridized carbons (Fsp3) is 0.350. The zero-order valence-electron chi connectivity index (χ0n) is 12.8. The Hall–Kier alpha value is -2.07. The van der Waals surface area contributed by atoms with E-state index in [-0.39, 0.29) is 0 Å². The first-order chi connectivity index (χ1) is 10.2. The first-order valence-electron chi connectivity index (χ1n) is 7.73. The second-order valence-electron chi connectivity index (χ2n) is 6.38. The van der Waals surface area contributed by atoms with Crippen molar-refractivity contribution in [1.82, 2.24) is 0 Å². The molecule has 0 aromatic heterocycles. The normalized spacial score (nSPS) is 15.7. The molecule has 1 aliphatic rings. The van der Waals surface area contributed by atoms with Gasteiger partial charge in [-0.3, -0.25) is 4.85 Å². The quantitative estimate of drug-likeness (QED) is 0.680. The Morgan fingerprint density at radius 2 is 1.43 bits per heavy atom. The molecule has 0 bridgehead atoms. The fourth-order valence-electron chi connectivity index (χ4n) is 3.67. The molecule has 0 saturated heterocycles. The highest BCUT2D eigenvalue weighted by molar-refractivity contribution is 5.51. The maximum absolute atomic E-state index is 8.02. The molecule has 0 unspecified atom stereocenters. The molecule has 0 fully saturated rings. The summed E-state index contributed by atoms with van der Waals surface area (Å²) in [6.45, 7) is 12.4. The molecule has 0 radical (unpaired) electrons. The molecule has 1 aliphatic carbocycles. The van der Waals surface area contributed by atoms with Crippen molar-refractivity contribution in [3.05, 3.63) is 82.2 Å². The molecule has 0 N–H and O–H groups in total. The van der Waals surface area contributed by atoms with Gasteiger partial charge >= 0.3 is 0 Å². The van der Waals surface area contributed by atoms with Crippen LogP contribution in [0.3, 0.4) is 0 Å². The Labute approximate surface area is 127 Å². The van der Waals surface area contributed by atoms with Gasteiger partial charge in [0.15, 0.2) is 0 Å². The molecule has 0 amide bonds. The monoisotopic (exact) mass is 275 g/mol. The van der Waals surface area contributed by atoms with Crippen LogP contribution in [0.1, 0.15) is 42.5 Å². The van der Waals surface area contributed by atoms with Crippen LogP contribution in [0.15, 0.2) is 48.5 Å². The lowest BCUT2D eigenvalue weighted by Gasteiger charge is -2.26. The molecule has 0 atom stereocenters. The Morgan fingerprint density at radius 3 is 1.86 bits per heavy atom. The molecule has 2 aromatic rings. The zero-order valence-corrected chi connectivity index (χ0v) is 12.8. The van der Waals surface area contributed by atoms with Gasteiger partial charge in [0.2, 0.25) is 0 Å². The standard InChI is InChI=1S/C20H21N/c1-15(2)14-20(21-3)18-10-6-4-8-16(18)12-13-17-9-5-7-11-19(17)20/h4-11,15H,12-14H2,1-2H3. The topological polar surface area (TPSA) is 4.36 Å². The summed E-state index contributed by atoms with van der Waals surface area (Å²) in [4.78, 5) is 4.21. The van der Waals surface area contributed by atoms with Crippen molar-refractivity contribution in [2.45, 2.75) is 38.6 Å². The van der Waals surface area contributed by atoms with Crippen molar-refractivity contribution < 1.29 is 0 Å². The number of rotatable bonds is 2. The van der Waals surface area contributed by atoms with Gasteiger partial charge in [0.25, 0.3) is 5.54 Å². The third kappa shape index (κ3) is 2.25. The van der Waals surface area contributed by atoms with Crippen LogP contribution < -0.4 is 0 Å². The molecule has 1 heteroatoms. The fourth-order valence-corrected chi connectivity index (χ4v) is 3.67. The van der Waals surface area contributed by atoms with Crippen LogP contribution in [0, 0.1) is 12.5 Å². The van der Waals surface area contributed by atoms with Crippen LogP contribution in [0.4, 0.5) is 0 Å². The summed E-state index contributed by atoms with van der Waals surface area (Å²) in [6.07, 6.45) is 2.94. The van der Waals surface area contributed by atoms with Crippen molar-refractivity contribution in [3.8, 4) is 0 Å². The number of benzene rings is 2. The summed E-state index contributed by atoms with van der Waals surface area (Å²) in [6, 6.07) is 17.1. The Kier molecular flexibility index (Phi) is 3.55. The lowest BCUT2D eigenvalue weighted by atomic mass is 9.75. The molecule has 0 aliphatic heterocycles. The molecule has 0 heterocycles. The maximum atomic E-state index is 8.02. The van der Waals surface area contributed by atoms with E-state index in [9.17, 15) is 0 Å². The Balaban J connectivity index is 2.32. The van der Waals surface area contributed by atoms with E-state index in [1.165, 1.54) is 22.3 Å². The highest BCUT2D eigenvalue weighted by atomic mass is 14.8. The highest BCUT2D eigenvalue weighted by Crippen LogP contribution is 2.45. The minimum absolute atomic E-state index is 0.485. The Bertz CT molecular complexity index is 643. The van der Waals surface area contributed by atoms with E-state index in [2.05, 4.69) is 67.2 Å². The van der Waals surface area contributed by atoms with Crippen LogP contribution in [0.5, 0.6) is 0 Å². The van der Waals surface area contributed by atoms with Crippen molar-refractivity contribution in [2.75, 3.05) is 0 Å². The average Bonchev–Trinajstić information content (AvgIpc) is 2.63.